The third-order valence-electron chi connectivity index (χ3n) is 2.94. The van der Waals surface area contributed by atoms with Crippen molar-refractivity contribution in [1.29, 1.82) is 0 Å². The molecule has 16 heavy (non-hydrogen) atoms. The first-order valence-electron chi connectivity index (χ1n) is 5.39. The summed E-state index contributed by atoms with van der Waals surface area (Å²) in [6.07, 6.45) is 4.70. The van der Waals surface area contributed by atoms with Gasteiger partial charge in [-0.3, -0.25) is 14.6 Å². The van der Waals surface area contributed by atoms with Crippen LogP contribution in [-0.2, 0) is 4.79 Å². The molecule has 0 aliphatic carbocycles. The van der Waals surface area contributed by atoms with Gasteiger partial charge < -0.3 is 4.90 Å². The molecule has 0 spiro atoms. The molecule has 4 heteroatoms. The zero-order valence-corrected chi connectivity index (χ0v) is 9.22. The fourth-order valence-corrected chi connectivity index (χ4v) is 1.99. The second-order valence-corrected chi connectivity index (χ2v) is 4.05. The van der Waals surface area contributed by atoms with Crippen LogP contribution in [0, 0.1) is 5.92 Å². The number of Topliss-reactive ketones (excluding diaryl/α,β-unsaturated/α-hetero) is 1. The zero-order chi connectivity index (χ0) is 11.5. The Labute approximate surface area is 94.3 Å². The van der Waals surface area contributed by atoms with Crippen molar-refractivity contribution in [3.05, 3.63) is 30.1 Å². The van der Waals surface area contributed by atoms with Crippen molar-refractivity contribution in [2.24, 2.45) is 5.92 Å². The predicted molar refractivity (Wildman–Crippen MR) is 58.9 cm³/mol. The van der Waals surface area contributed by atoms with Crippen molar-refractivity contribution >= 4 is 11.7 Å². The molecule has 1 atom stereocenters. The summed E-state index contributed by atoms with van der Waals surface area (Å²) >= 11 is 0. The molecule has 2 heterocycles. The van der Waals surface area contributed by atoms with Crippen LogP contribution < -0.4 is 0 Å². The van der Waals surface area contributed by atoms with E-state index in [1.165, 1.54) is 0 Å². The minimum absolute atomic E-state index is 0.0620. The third kappa shape index (κ3) is 1.96. The van der Waals surface area contributed by atoms with Crippen molar-refractivity contribution in [3.63, 3.8) is 0 Å². The highest BCUT2D eigenvalue weighted by molar-refractivity contribution is 6.10. The molecule has 1 aliphatic rings. The number of nitrogens with zero attached hydrogens (tertiary/aromatic N) is 2. The summed E-state index contributed by atoms with van der Waals surface area (Å²) < 4.78 is 0. The monoisotopic (exact) mass is 218 g/mol. The maximum absolute atomic E-state index is 12.1. The van der Waals surface area contributed by atoms with Gasteiger partial charge in [-0.25, -0.2) is 0 Å². The van der Waals surface area contributed by atoms with Gasteiger partial charge in [0.2, 0.25) is 5.91 Å². The molecule has 1 aliphatic heterocycles. The average molecular weight is 218 g/mol. The molecule has 1 amide bonds. The Morgan fingerprint density at radius 3 is 2.81 bits per heavy atom. The van der Waals surface area contributed by atoms with Crippen molar-refractivity contribution in [2.45, 2.75) is 12.8 Å². The first-order chi connectivity index (χ1) is 7.70. The quantitative estimate of drug-likeness (QED) is 0.552. The maximum Gasteiger partial charge on any atom is 0.233 e. The number of piperidine rings is 1. The Bertz CT molecular complexity index is 403. The molecule has 1 fully saturated rings. The molecule has 0 aromatic carbocycles. The highest BCUT2D eigenvalue weighted by Gasteiger charge is 2.32. The molecule has 1 aromatic heterocycles. The van der Waals surface area contributed by atoms with Crippen LogP contribution in [0.3, 0.4) is 0 Å². The summed E-state index contributed by atoms with van der Waals surface area (Å²) in [6, 6.07) is 3.31. The van der Waals surface area contributed by atoms with Crippen LogP contribution in [0.25, 0.3) is 0 Å². The van der Waals surface area contributed by atoms with E-state index in [-0.39, 0.29) is 11.7 Å². The fourth-order valence-electron chi connectivity index (χ4n) is 1.99. The van der Waals surface area contributed by atoms with Crippen LogP contribution in [0.5, 0.6) is 0 Å². The minimum atomic E-state index is -0.499. The normalized spacial score (nSPS) is 20.9. The molecule has 1 saturated heterocycles. The number of hydrogen-bond donors (Lipinski definition) is 0. The molecule has 1 aromatic rings. The topological polar surface area (TPSA) is 50.3 Å². The van der Waals surface area contributed by atoms with Gasteiger partial charge in [-0.15, -0.1) is 0 Å². The van der Waals surface area contributed by atoms with E-state index < -0.39 is 5.92 Å². The number of pyridine rings is 1. The van der Waals surface area contributed by atoms with E-state index in [4.69, 9.17) is 0 Å². The molecule has 0 unspecified atom stereocenters. The number of amides is 1. The molecule has 2 rings (SSSR count). The SMILES string of the molecule is CN1CCC[C@@H](C(=O)c2ccncc2)C1=O. The van der Waals surface area contributed by atoms with Crippen molar-refractivity contribution in [1.82, 2.24) is 9.88 Å². The van der Waals surface area contributed by atoms with E-state index in [1.807, 2.05) is 0 Å². The van der Waals surface area contributed by atoms with Crippen LogP contribution in [0.15, 0.2) is 24.5 Å². The molecular formula is C12H14N2O2. The summed E-state index contributed by atoms with van der Waals surface area (Å²) in [6.45, 7) is 0.749. The Balaban J connectivity index is 2.19. The van der Waals surface area contributed by atoms with Gasteiger partial charge in [-0.1, -0.05) is 0 Å². The lowest BCUT2D eigenvalue weighted by atomic mass is 9.90. The molecule has 4 nitrogen and oxygen atoms in total. The summed E-state index contributed by atoms with van der Waals surface area (Å²) in [5, 5.41) is 0. The molecular weight excluding hydrogens is 204 g/mol. The smallest absolute Gasteiger partial charge is 0.233 e. The standard InChI is InChI=1S/C12H14N2O2/c1-14-8-2-3-10(12(14)16)11(15)9-4-6-13-7-5-9/h4-7,10H,2-3,8H2,1H3/t10-/m0/s1. The van der Waals surface area contributed by atoms with Crippen LogP contribution >= 0.6 is 0 Å². The van der Waals surface area contributed by atoms with E-state index >= 15 is 0 Å². The second-order valence-electron chi connectivity index (χ2n) is 4.05. The van der Waals surface area contributed by atoms with Gasteiger partial charge in [0.15, 0.2) is 5.78 Å². The molecule has 0 radical (unpaired) electrons. The van der Waals surface area contributed by atoms with Gasteiger partial charge in [0.05, 0.1) is 0 Å². The van der Waals surface area contributed by atoms with Gasteiger partial charge in [0, 0.05) is 31.5 Å². The average Bonchev–Trinajstić information content (AvgIpc) is 2.33. The summed E-state index contributed by atoms with van der Waals surface area (Å²) in [7, 11) is 1.74. The Morgan fingerprint density at radius 2 is 2.12 bits per heavy atom. The third-order valence-corrected chi connectivity index (χ3v) is 2.94. The Morgan fingerprint density at radius 1 is 1.44 bits per heavy atom. The summed E-state index contributed by atoms with van der Waals surface area (Å²) in [4.78, 5) is 29.4. The van der Waals surface area contributed by atoms with Gasteiger partial charge in [0.25, 0.3) is 0 Å². The van der Waals surface area contributed by atoms with Crippen LogP contribution in [0.1, 0.15) is 23.2 Å². The molecule has 0 N–H and O–H groups in total. The predicted octanol–water partition coefficient (Wildman–Crippen LogP) is 1.13. The maximum atomic E-state index is 12.1. The number of carbonyl (C=O) groups is 2. The minimum Gasteiger partial charge on any atom is -0.345 e. The zero-order valence-electron chi connectivity index (χ0n) is 9.22. The summed E-state index contributed by atoms with van der Waals surface area (Å²) in [5.41, 5.74) is 0.573. The van der Waals surface area contributed by atoms with Gasteiger partial charge in [-0.05, 0) is 25.0 Å². The van der Waals surface area contributed by atoms with E-state index in [0.29, 0.717) is 12.0 Å². The van der Waals surface area contributed by atoms with E-state index in [1.54, 1.807) is 36.5 Å². The lowest BCUT2D eigenvalue weighted by Crippen LogP contribution is -2.41. The van der Waals surface area contributed by atoms with Gasteiger partial charge in [0.1, 0.15) is 5.92 Å². The Hall–Kier alpha value is -1.71. The molecule has 0 bridgehead atoms. The van der Waals surface area contributed by atoms with Crippen molar-refractivity contribution in [3.8, 4) is 0 Å². The van der Waals surface area contributed by atoms with E-state index in [0.717, 1.165) is 13.0 Å². The lowest BCUT2D eigenvalue weighted by Gasteiger charge is -2.28. The number of hydrogen-bond acceptors (Lipinski definition) is 3. The van der Waals surface area contributed by atoms with E-state index in [2.05, 4.69) is 4.98 Å². The number of ketones is 1. The van der Waals surface area contributed by atoms with Crippen LogP contribution in [0.2, 0.25) is 0 Å². The van der Waals surface area contributed by atoms with Crippen molar-refractivity contribution < 1.29 is 9.59 Å². The largest absolute Gasteiger partial charge is 0.345 e. The number of carbonyl (C=O) groups excluding carboxylic acids is 2. The summed E-state index contributed by atoms with van der Waals surface area (Å²) in [5.74, 6) is -0.645. The first-order valence-corrected chi connectivity index (χ1v) is 5.39. The first kappa shape index (κ1) is 10.8. The molecule has 84 valence electrons. The van der Waals surface area contributed by atoms with Gasteiger partial charge in [-0.2, -0.15) is 0 Å². The number of rotatable bonds is 2. The van der Waals surface area contributed by atoms with E-state index in [9.17, 15) is 9.59 Å². The number of aromatic nitrogens is 1. The number of likely N-dealkylation sites (tertiary alicyclic amines) is 1. The van der Waals surface area contributed by atoms with Gasteiger partial charge >= 0.3 is 0 Å². The van der Waals surface area contributed by atoms with Crippen LogP contribution in [0.4, 0.5) is 0 Å². The van der Waals surface area contributed by atoms with Crippen LogP contribution in [-0.4, -0.2) is 35.2 Å². The second kappa shape index (κ2) is 4.43. The fraction of sp³-hybridized carbons (Fsp3) is 0.417. The highest BCUT2D eigenvalue weighted by Crippen LogP contribution is 2.20. The lowest BCUT2D eigenvalue weighted by molar-refractivity contribution is -0.134. The highest BCUT2D eigenvalue weighted by atomic mass is 16.2. The van der Waals surface area contributed by atoms with Crippen molar-refractivity contribution in [2.75, 3.05) is 13.6 Å². The molecule has 0 saturated carbocycles. The Kier molecular flexibility index (Phi) is 2.99.